The minimum atomic E-state index is -0.372. The SMILES string of the molecule is CCOc1cc(CC(O)C(C)C)nc(C)n1. The lowest BCUT2D eigenvalue weighted by molar-refractivity contribution is 0.124. The van der Waals surface area contributed by atoms with Gasteiger partial charge in [0.05, 0.1) is 18.4 Å². The van der Waals surface area contributed by atoms with E-state index in [2.05, 4.69) is 9.97 Å². The van der Waals surface area contributed by atoms with Crippen LogP contribution in [-0.2, 0) is 6.42 Å². The van der Waals surface area contributed by atoms with Gasteiger partial charge in [0.15, 0.2) is 0 Å². The predicted molar refractivity (Wildman–Crippen MR) is 62.5 cm³/mol. The summed E-state index contributed by atoms with van der Waals surface area (Å²) in [4.78, 5) is 8.45. The van der Waals surface area contributed by atoms with Crippen LogP contribution in [0.3, 0.4) is 0 Å². The summed E-state index contributed by atoms with van der Waals surface area (Å²) in [5, 5.41) is 9.79. The Morgan fingerprint density at radius 3 is 2.62 bits per heavy atom. The van der Waals surface area contributed by atoms with E-state index in [1.807, 2.05) is 27.7 Å². The van der Waals surface area contributed by atoms with Gasteiger partial charge in [-0.2, -0.15) is 4.98 Å². The summed E-state index contributed by atoms with van der Waals surface area (Å²) in [5.41, 5.74) is 0.831. The lowest BCUT2D eigenvalue weighted by Crippen LogP contribution is -2.18. The van der Waals surface area contributed by atoms with E-state index in [1.165, 1.54) is 0 Å². The molecule has 1 aromatic rings. The molecule has 0 aliphatic rings. The molecule has 1 aromatic heterocycles. The molecule has 90 valence electrons. The van der Waals surface area contributed by atoms with E-state index in [9.17, 15) is 5.11 Å². The van der Waals surface area contributed by atoms with Crippen molar-refractivity contribution in [3.05, 3.63) is 17.6 Å². The first-order valence-corrected chi connectivity index (χ1v) is 5.68. The number of aromatic nitrogens is 2. The predicted octanol–water partition coefficient (Wildman–Crippen LogP) is 1.74. The van der Waals surface area contributed by atoms with E-state index in [4.69, 9.17) is 4.74 Å². The van der Waals surface area contributed by atoms with Crippen LogP contribution in [0.15, 0.2) is 6.07 Å². The molecule has 0 saturated heterocycles. The van der Waals surface area contributed by atoms with Crippen LogP contribution in [0, 0.1) is 12.8 Å². The minimum absolute atomic E-state index is 0.228. The Morgan fingerprint density at radius 1 is 1.38 bits per heavy atom. The van der Waals surface area contributed by atoms with Crippen LogP contribution in [0.1, 0.15) is 32.3 Å². The maximum Gasteiger partial charge on any atom is 0.216 e. The normalized spacial score (nSPS) is 12.9. The third kappa shape index (κ3) is 3.77. The Balaban J connectivity index is 2.79. The second-order valence-electron chi connectivity index (χ2n) is 4.19. The van der Waals surface area contributed by atoms with Gasteiger partial charge in [-0.05, 0) is 19.8 Å². The molecular formula is C12H20N2O2. The molecule has 1 heterocycles. The van der Waals surface area contributed by atoms with Gasteiger partial charge < -0.3 is 9.84 Å². The van der Waals surface area contributed by atoms with Crippen molar-refractivity contribution in [2.45, 2.75) is 40.2 Å². The number of ether oxygens (including phenoxy) is 1. The van der Waals surface area contributed by atoms with Crippen LogP contribution in [-0.4, -0.2) is 27.8 Å². The Morgan fingerprint density at radius 2 is 2.06 bits per heavy atom. The summed E-state index contributed by atoms with van der Waals surface area (Å²) in [6.45, 7) is 8.31. The molecule has 4 nitrogen and oxygen atoms in total. The molecule has 0 spiro atoms. The number of hydrogen-bond donors (Lipinski definition) is 1. The summed E-state index contributed by atoms with van der Waals surface area (Å²) in [6.07, 6.45) is 0.171. The summed E-state index contributed by atoms with van der Waals surface area (Å²) in [6, 6.07) is 1.79. The first kappa shape index (κ1) is 12.9. The molecule has 1 unspecified atom stereocenters. The van der Waals surface area contributed by atoms with Gasteiger partial charge in [0.2, 0.25) is 5.88 Å². The Bertz CT molecular complexity index is 340. The second-order valence-corrected chi connectivity index (χ2v) is 4.19. The van der Waals surface area contributed by atoms with Gasteiger partial charge >= 0.3 is 0 Å². The summed E-state index contributed by atoms with van der Waals surface area (Å²) in [5.74, 6) is 1.49. The molecule has 0 aromatic carbocycles. The minimum Gasteiger partial charge on any atom is -0.478 e. The number of rotatable bonds is 5. The Hall–Kier alpha value is -1.16. The molecule has 0 bridgehead atoms. The van der Waals surface area contributed by atoms with Crippen molar-refractivity contribution in [1.29, 1.82) is 0 Å². The maximum atomic E-state index is 9.79. The van der Waals surface area contributed by atoms with Gasteiger partial charge in [-0.25, -0.2) is 4.98 Å². The molecular weight excluding hydrogens is 204 g/mol. The van der Waals surface area contributed by atoms with Crippen molar-refractivity contribution < 1.29 is 9.84 Å². The molecule has 0 radical (unpaired) electrons. The zero-order chi connectivity index (χ0) is 12.1. The third-order valence-corrected chi connectivity index (χ3v) is 2.35. The van der Waals surface area contributed by atoms with Gasteiger partial charge in [-0.15, -0.1) is 0 Å². The van der Waals surface area contributed by atoms with Gasteiger partial charge in [-0.1, -0.05) is 13.8 Å². The number of aliphatic hydroxyl groups is 1. The second kappa shape index (κ2) is 5.80. The van der Waals surface area contributed by atoms with Crippen LogP contribution in [0.5, 0.6) is 5.88 Å². The smallest absolute Gasteiger partial charge is 0.216 e. The quantitative estimate of drug-likeness (QED) is 0.827. The van der Waals surface area contributed by atoms with Gasteiger partial charge in [0.1, 0.15) is 5.82 Å². The monoisotopic (exact) mass is 224 g/mol. The maximum absolute atomic E-state index is 9.79. The number of nitrogens with zero attached hydrogens (tertiary/aromatic N) is 2. The van der Waals surface area contributed by atoms with Crippen molar-refractivity contribution in [3.8, 4) is 5.88 Å². The molecule has 0 amide bonds. The fraction of sp³-hybridized carbons (Fsp3) is 0.667. The first-order valence-electron chi connectivity index (χ1n) is 5.68. The highest BCUT2D eigenvalue weighted by Crippen LogP contribution is 2.13. The van der Waals surface area contributed by atoms with Gasteiger partial charge in [0, 0.05) is 12.5 Å². The molecule has 4 heteroatoms. The zero-order valence-corrected chi connectivity index (χ0v) is 10.4. The average Bonchev–Trinajstić information content (AvgIpc) is 2.16. The summed E-state index contributed by atoms with van der Waals surface area (Å²) in [7, 11) is 0. The molecule has 16 heavy (non-hydrogen) atoms. The fourth-order valence-electron chi connectivity index (χ4n) is 1.38. The summed E-state index contributed by atoms with van der Waals surface area (Å²) >= 11 is 0. The Labute approximate surface area is 96.7 Å². The highest BCUT2D eigenvalue weighted by atomic mass is 16.5. The van der Waals surface area contributed by atoms with E-state index < -0.39 is 0 Å². The van der Waals surface area contributed by atoms with Gasteiger partial charge in [-0.3, -0.25) is 0 Å². The van der Waals surface area contributed by atoms with E-state index in [0.29, 0.717) is 24.7 Å². The van der Waals surface area contributed by atoms with Crippen LogP contribution in [0.2, 0.25) is 0 Å². The van der Waals surface area contributed by atoms with Crippen molar-refractivity contribution in [3.63, 3.8) is 0 Å². The van der Waals surface area contributed by atoms with Crippen LogP contribution >= 0.6 is 0 Å². The van der Waals surface area contributed by atoms with Crippen LogP contribution in [0.25, 0.3) is 0 Å². The molecule has 1 N–H and O–H groups in total. The summed E-state index contributed by atoms with van der Waals surface area (Å²) < 4.78 is 5.34. The molecule has 0 aliphatic carbocycles. The van der Waals surface area contributed by atoms with E-state index in [1.54, 1.807) is 6.07 Å². The molecule has 1 rings (SSSR count). The van der Waals surface area contributed by atoms with Crippen molar-refractivity contribution in [1.82, 2.24) is 9.97 Å². The van der Waals surface area contributed by atoms with E-state index in [0.717, 1.165) is 5.69 Å². The van der Waals surface area contributed by atoms with Gasteiger partial charge in [0.25, 0.3) is 0 Å². The van der Waals surface area contributed by atoms with Crippen molar-refractivity contribution >= 4 is 0 Å². The lowest BCUT2D eigenvalue weighted by Gasteiger charge is -2.14. The highest BCUT2D eigenvalue weighted by molar-refractivity contribution is 5.16. The number of aryl methyl sites for hydroxylation is 1. The van der Waals surface area contributed by atoms with E-state index >= 15 is 0 Å². The molecule has 0 saturated carbocycles. The topological polar surface area (TPSA) is 55.2 Å². The fourth-order valence-corrected chi connectivity index (χ4v) is 1.38. The molecule has 0 aliphatic heterocycles. The van der Waals surface area contributed by atoms with E-state index in [-0.39, 0.29) is 12.0 Å². The van der Waals surface area contributed by atoms with Crippen molar-refractivity contribution in [2.24, 2.45) is 5.92 Å². The van der Waals surface area contributed by atoms with Crippen LogP contribution < -0.4 is 4.74 Å². The number of hydrogen-bond acceptors (Lipinski definition) is 4. The lowest BCUT2D eigenvalue weighted by atomic mass is 10.0. The highest BCUT2D eigenvalue weighted by Gasteiger charge is 2.12. The zero-order valence-electron chi connectivity index (χ0n) is 10.4. The van der Waals surface area contributed by atoms with Crippen molar-refractivity contribution in [2.75, 3.05) is 6.61 Å². The Kier molecular flexibility index (Phi) is 4.68. The largest absolute Gasteiger partial charge is 0.478 e. The molecule has 0 fully saturated rings. The third-order valence-electron chi connectivity index (χ3n) is 2.35. The average molecular weight is 224 g/mol. The molecule has 1 atom stereocenters. The number of aliphatic hydroxyl groups excluding tert-OH is 1. The standard InChI is InChI=1S/C12H20N2O2/c1-5-16-12-7-10(13-9(4)14-12)6-11(15)8(2)3/h7-8,11,15H,5-6H2,1-4H3. The van der Waals surface area contributed by atoms with Crippen LogP contribution in [0.4, 0.5) is 0 Å². The first-order chi connectivity index (χ1) is 7.52.